The standard InChI is InChI=1S/C22H32N6O/c1-4-16-5-7-17(8-6-16)12-27-13-18-11-20-24-25-21(28(20)15-19(18)14-27)22(29)23-9-10-26(2)3/h5-8,18-19H,4,9-15H2,1-3H3,(H,23,29)/t18-,19-/m0/s1. The molecule has 1 saturated heterocycles. The second-order valence-corrected chi connectivity index (χ2v) is 8.70. The van der Waals surface area contributed by atoms with Crippen LogP contribution in [-0.2, 0) is 25.9 Å². The summed E-state index contributed by atoms with van der Waals surface area (Å²) in [5.41, 5.74) is 2.76. The Morgan fingerprint density at radius 3 is 2.55 bits per heavy atom. The van der Waals surface area contributed by atoms with E-state index in [2.05, 4.69) is 51.6 Å². The molecule has 29 heavy (non-hydrogen) atoms. The zero-order valence-corrected chi connectivity index (χ0v) is 17.8. The van der Waals surface area contributed by atoms with E-state index in [4.69, 9.17) is 0 Å². The predicted molar refractivity (Wildman–Crippen MR) is 113 cm³/mol. The number of aryl methyl sites for hydroxylation is 1. The predicted octanol–water partition coefficient (Wildman–Crippen LogP) is 1.44. The van der Waals surface area contributed by atoms with Gasteiger partial charge in [-0.25, -0.2) is 0 Å². The van der Waals surface area contributed by atoms with Crippen LogP contribution in [0.25, 0.3) is 0 Å². The molecule has 0 aliphatic carbocycles. The minimum Gasteiger partial charge on any atom is -0.348 e. The van der Waals surface area contributed by atoms with Crippen molar-refractivity contribution in [3.8, 4) is 0 Å². The maximum absolute atomic E-state index is 12.5. The van der Waals surface area contributed by atoms with Crippen LogP contribution in [0.2, 0.25) is 0 Å². The zero-order valence-electron chi connectivity index (χ0n) is 17.8. The highest BCUT2D eigenvalue weighted by molar-refractivity contribution is 5.90. The first kappa shape index (κ1) is 20.0. The first-order valence-corrected chi connectivity index (χ1v) is 10.7. The van der Waals surface area contributed by atoms with Gasteiger partial charge in [-0.15, -0.1) is 10.2 Å². The number of rotatable bonds is 7. The van der Waals surface area contributed by atoms with Gasteiger partial charge in [0.15, 0.2) is 0 Å². The molecule has 1 aromatic carbocycles. The van der Waals surface area contributed by atoms with Gasteiger partial charge in [0.05, 0.1) is 0 Å². The third-order valence-corrected chi connectivity index (χ3v) is 6.23. The lowest BCUT2D eigenvalue weighted by Crippen LogP contribution is -2.35. The number of likely N-dealkylation sites (N-methyl/N-ethyl adjacent to an activating group) is 1. The minimum absolute atomic E-state index is 0.116. The summed E-state index contributed by atoms with van der Waals surface area (Å²) in [4.78, 5) is 17.1. The van der Waals surface area contributed by atoms with Gasteiger partial charge < -0.3 is 14.8 Å². The van der Waals surface area contributed by atoms with E-state index in [0.717, 1.165) is 51.4 Å². The van der Waals surface area contributed by atoms with Crippen molar-refractivity contribution >= 4 is 5.91 Å². The number of benzene rings is 1. The van der Waals surface area contributed by atoms with Crippen molar-refractivity contribution in [2.45, 2.75) is 32.9 Å². The van der Waals surface area contributed by atoms with Crippen molar-refractivity contribution in [1.82, 2.24) is 29.9 Å². The average Bonchev–Trinajstić information content (AvgIpc) is 3.28. The summed E-state index contributed by atoms with van der Waals surface area (Å²) >= 11 is 0. The summed E-state index contributed by atoms with van der Waals surface area (Å²) in [5.74, 6) is 2.46. The lowest BCUT2D eigenvalue weighted by atomic mass is 9.89. The molecule has 1 fully saturated rings. The molecule has 1 amide bonds. The molecule has 2 aliphatic rings. The van der Waals surface area contributed by atoms with E-state index >= 15 is 0 Å². The van der Waals surface area contributed by atoms with E-state index in [1.165, 1.54) is 11.1 Å². The summed E-state index contributed by atoms with van der Waals surface area (Å²) in [6.07, 6.45) is 1.99. The summed E-state index contributed by atoms with van der Waals surface area (Å²) in [6.45, 7) is 7.62. The van der Waals surface area contributed by atoms with Crippen LogP contribution in [0.5, 0.6) is 0 Å². The molecule has 2 aliphatic heterocycles. The van der Waals surface area contributed by atoms with Gasteiger partial charge in [0.25, 0.3) is 5.91 Å². The number of amides is 1. The van der Waals surface area contributed by atoms with Crippen LogP contribution in [0.1, 0.15) is 34.5 Å². The number of hydrogen-bond acceptors (Lipinski definition) is 5. The van der Waals surface area contributed by atoms with Crippen molar-refractivity contribution in [1.29, 1.82) is 0 Å². The average molecular weight is 397 g/mol. The molecule has 2 atom stereocenters. The van der Waals surface area contributed by atoms with Crippen LogP contribution in [0, 0.1) is 11.8 Å². The van der Waals surface area contributed by atoms with Gasteiger partial charge >= 0.3 is 0 Å². The molecular weight excluding hydrogens is 364 g/mol. The van der Waals surface area contributed by atoms with Gasteiger partial charge in [0, 0.05) is 45.7 Å². The SMILES string of the molecule is CCc1ccc(CN2C[C@@H]3Cc4nnc(C(=O)NCCN(C)C)n4C[C@@H]3C2)cc1. The molecule has 3 heterocycles. The highest BCUT2D eigenvalue weighted by Crippen LogP contribution is 2.33. The van der Waals surface area contributed by atoms with Crippen molar-refractivity contribution < 1.29 is 4.79 Å². The van der Waals surface area contributed by atoms with Gasteiger partial charge in [0.1, 0.15) is 5.82 Å². The lowest BCUT2D eigenvalue weighted by Gasteiger charge is -2.25. The number of likely N-dealkylation sites (tertiary alicyclic amines) is 1. The molecule has 0 bridgehead atoms. The Morgan fingerprint density at radius 2 is 1.83 bits per heavy atom. The molecule has 7 nitrogen and oxygen atoms in total. The topological polar surface area (TPSA) is 66.3 Å². The number of nitrogens with one attached hydrogen (secondary N) is 1. The Morgan fingerprint density at radius 1 is 1.10 bits per heavy atom. The lowest BCUT2D eigenvalue weighted by molar-refractivity contribution is 0.0932. The largest absolute Gasteiger partial charge is 0.348 e. The van der Waals surface area contributed by atoms with Crippen LogP contribution in [-0.4, -0.2) is 70.7 Å². The van der Waals surface area contributed by atoms with Gasteiger partial charge in [-0.05, 0) is 43.5 Å². The van der Waals surface area contributed by atoms with E-state index in [-0.39, 0.29) is 5.91 Å². The summed E-state index contributed by atoms with van der Waals surface area (Å²) in [6, 6.07) is 8.99. The highest BCUT2D eigenvalue weighted by Gasteiger charge is 2.39. The fourth-order valence-electron chi connectivity index (χ4n) is 4.53. The maximum atomic E-state index is 12.5. The normalized spacial score (nSPS) is 21.2. The van der Waals surface area contributed by atoms with Gasteiger partial charge in [-0.1, -0.05) is 31.2 Å². The Kier molecular flexibility index (Phi) is 5.96. The Hall–Kier alpha value is -2.25. The number of carbonyl (C=O) groups is 1. The highest BCUT2D eigenvalue weighted by atomic mass is 16.2. The number of hydrogen-bond donors (Lipinski definition) is 1. The molecule has 0 radical (unpaired) electrons. The first-order valence-electron chi connectivity index (χ1n) is 10.7. The fourth-order valence-corrected chi connectivity index (χ4v) is 4.53. The quantitative estimate of drug-likeness (QED) is 0.767. The van der Waals surface area contributed by atoms with Crippen LogP contribution in [0.4, 0.5) is 0 Å². The smallest absolute Gasteiger partial charge is 0.289 e. The van der Waals surface area contributed by atoms with Crippen molar-refractivity contribution in [3.05, 3.63) is 47.0 Å². The fraction of sp³-hybridized carbons (Fsp3) is 0.591. The van der Waals surface area contributed by atoms with Crippen LogP contribution in [0.3, 0.4) is 0 Å². The van der Waals surface area contributed by atoms with Gasteiger partial charge in [-0.3, -0.25) is 9.69 Å². The van der Waals surface area contributed by atoms with Crippen molar-refractivity contribution in [2.24, 2.45) is 11.8 Å². The molecule has 0 spiro atoms. The Balaban J connectivity index is 1.37. The van der Waals surface area contributed by atoms with E-state index in [1.54, 1.807) is 0 Å². The summed E-state index contributed by atoms with van der Waals surface area (Å²) < 4.78 is 2.05. The molecule has 1 N–H and O–H groups in total. The van der Waals surface area contributed by atoms with Crippen LogP contribution >= 0.6 is 0 Å². The second-order valence-electron chi connectivity index (χ2n) is 8.70. The monoisotopic (exact) mass is 396 g/mol. The van der Waals surface area contributed by atoms with Gasteiger partial charge in [0.2, 0.25) is 5.82 Å². The second kappa shape index (κ2) is 8.63. The molecule has 156 valence electrons. The zero-order chi connectivity index (χ0) is 20.4. The third-order valence-electron chi connectivity index (χ3n) is 6.23. The van der Waals surface area contributed by atoms with Crippen LogP contribution < -0.4 is 5.32 Å². The Bertz CT molecular complexity index is 843. The van der Waals surface area contributed by atoms with E-state index in [1.807, 2.05) is 23.6 Å². The number of aromatic nitrogens is 3. The van der Waals surface area contributed by atoms with Crippen LogP contribution in [0.15, 0.2) is 24.3 Å². The van der Waals surface area contributed by atoms with Crippen molar-refractivity contribution in [2.75, 3.05) is 40.3 Å². The molecule has 4 rings (SSSR count). The third kappa shape index (κ3) is 4.51. The maximum Gasteiger partial charge on any atom is 0.289 e. The number of carbonyl (C=O) groups excluding carboxylic acids is 1. The molecule has 2 aromatic rings. The molecular formula is C22H32N6O. The van der Waals surface area contributed by atoms with E-state index in [0.29, 0.717) is 24.2 Å². The first-order chi connectivity index (χ1) is 14.0. The molecule has 0 unspecified atom stereocenters. The summed E-state index contributed by atoms with van der Waals surface area (Å²) in [7, 11) is 3.99. The minimum atomic E-state index is -0.116. The summed E-state index contributed by atoms with van der Waals surface area (Å²) in [5, 5.41) is 11.5. The molecule has 7 heteroatoms. The number of fused-ring (bicyclic) bond motifs is 2. The van der Waals surface area contributed by atoms with E-state index in [9.17, 15) is 4.79 Å². The number of nitrogens with zero attached hydrogens (tertiary/aromatic N) is 5. The molecule has 0 saturated carbocycles. The molecule has 1 aromatic heterocycles. The van der Waals surface area contributed by atoms with Gasteiger partial charge in [-0.2, -0.15) is 0 Å². The Labute approximate surface area is 173 Å². The van der Waals surface area contributed by atoms with E-state index < -0.39 is 0 Å². The van der Waals surface area contributed by atoms with Crippen molar-refractivity contribution in [3.63, 3.8) is 0 Å².